The molecule has 0 bridgehead atoms. The van der Waals surface area contributed by atoms with E-state index in [4.69, 9.17) is 0 Å². The van der Waals surface area contributed by atoms with Gasteiger partial charge >= 0.3 is 0 Å². The zero-order chi connectivity index (χ0) is 9.40. The first-order valence-electron chi connectivity index (χ1n) is 4.13. The van der Waals surface area contributed by atoms with Gasteiger partial charge in [0.2, 0.25) is 0 Å². The number of aromatic nitrogens is 1. The van der Waals surface area contributed by atoms with Gasteiger partial charge in [-0.05, 0) is 19.1 Å². The van der Waals surface area contributed by atoms with E-state index in [-0.39, 0.29) is 5.78 Å². The molecule has 0 aliphatic carbocycles. The number of rotatable bonds is 1. The Balaban J connectivity index is 0.000000354. The summed E-state index contributed by atoms with van der Waals surface area (Å²) in [5.74, 6) is 0.0809. The molecule has 0 spiro atoms. The quantitative estimate of drug-likeness (QED) is 0.599. The summed E-state index contributed by atoms with van der Waals surface area (Å²) < 4.78 is 0. The Morgan fingerprint density at radius 3 is 2.00 bits per heavy atom. The molecule has 12 heavy (non-hydrogen) atoms. The Labute approximate surface area is 73.6 Å². The molecular formula is C10H15NO. The van der Waals surface area contributed by atoms with Gasteiger partial charge in [-0.25, -0.2) is 0 Å². The fourth-order valence-electron chi connectivity index (χ4n) is 0.587. The lowest BCUT2D eigenvalue weighted by atomic mass is 10.2. The molecule has 66 valence electrons. The maximum atomic E-state index is 10.6. The monoisotopic (exact) mass is 165 g/mol. The highest BCUT2D eigenvalue weighted by atomic mass is 16.1. The highest BCUT2D eigenvalue weighted by Gasteiger charge is 1.93. The summed E-state index contributed by atoms with van der Waals surface area (Å²) in [6, 6.07) is 3.39. The van der Waals surface area contributed by atoms with E-state index in [1.54, 1.807) is 24.5 Å². The molecule has 0 aromatic carbocycles. The Morgan fingerprint density at radius 2 is 1.75 bits per heavy atom. The zero-order valence-corrected chi connectivity index (χ0v) is 7.87. The van der Waals surface area contributed by atoms with Crippen LogP contribution < -0.4 is 0 Å². The maximum Gasteiger partial charge on any atom is 0.159 e. The smallest absolute Gasteiger partial charge is 0.159 e. The molecule has 0 N–H and O–H groups in total. The van der Waals surface area contributed by atoms with Crippen LogP contribution in [0.25, 0.3) is 0 Å². The number of carbonyl (C=O) groups excluding carboxylic acids is 1. The van der Waals surface area contributed by atoms with E-state index in [1.165, 1.54) is 13.3 Å². The maximum absolute atomic E-state index is 10.6. The van der Waals surface area contributed by atoms with E-state index in [1.807, 2.05) is 0 Å². The van der Waals surface area contributed by atoms with E-state index in [0.29, 0.717) is 5.56 Å². The van der Waals surface area contributed by atoms with Gasteiger partial charge in [-0.1, -0.05) is 20.3 Å². The molecule has 0 saturated carbocycles. The van der Waals surface area contributed by atoms with Gasteiger partial charge in [0.1, 0.15) is 0 Å². The van der Waals surface area contributed by atoms with Crippen LogP contribution in [0.15, 0.2) is 24.5 Å². The predicted octanol–water partition coefficient (Wildman–Crippen LogP) is 2.70. The van der Waals surface area contributed by atoms with Crippen molar-refractivity contribution in [2.24, 2.45) is 0 Å². The number of pyridine rings is 1. The summed E-state index contributed by atoms with van der Waals surface area (Å²) in [4.78, 5) is 14.4. The van der Waals surface area contributed by atoms with Crippen molar-refractivity contribution in [2.45, 2.75) is 27.2 Å². The van der Waals surface area contributed by atoms with Crippen LogP contribution >= 0.6 is 0 Å². The van der Waals surface area contributed by atoms with Gasteiger partial charge < -0.3 is 0 Å². The summed E-state index contributed by atoms with van der Waals surface area (Å²) in [6.45, 7) is 5.79. The highest BCUT2D eigenvalue weighted by molar-refractivity contribution is 5.93. The third-order valence-corrected chi connectivity index (χ3v) is 1.09. The van der Waals surface area contributed by atoms with Crippen LogP contribution in [0.3, 0.4) is 0 Å². The van der Waals surface area contributed by atoms with Crippen molar-refractivity contribution in [2.75, 3.05) is 0 Å². The molecule has 2 nitrogen and oxygen atoms in total. The third-order valence-electron chi connectivity index (χ3n) is 1.09. The van der Waals surface area contributed by atoms with Gasteiger partial charge in [-0.3, -0.25) is 9.78 Å². The number of carbonyl (C=O) groups is 1. The normalized spacial score (nSPS) is 8.25. The minimum atomic E-state index is 0.0809. The summed E-state index contributed by atoms with van der Waals surface area (Å²) >= 11 is 0. The van der Waals surface area contributed by atoms with Crippen LogP contribution in [0.5, 0.6) is 0 Å². The summed E-state index contributed by atoms with van der Waals surface area (Å²) in [7, 11) is 0. The van der Waals surface area contributed by atoms with Gasteiger partial charge in [-0.15, -0.1) is 0 Å². The van der Waals surface area contributed by atoms with Crippen LogP contribution in [0.4, 0.5) is 0 Å². The molecule has 0 aliphatic heterocycles. The number of hydrogen-bond acceptors (Lipinski definition) is 2. The van der Waals surface area contributed by atoms with Gasteiger partial charge in [-0.2, -0.15) is 0 Å². The second kappa shape index (κ2) is 6.53. The molecule has 0 unspecified atom stereocenters. The molecule has 1 rings (SSSR count). The van der Waals surface area contributed by atoms with Gasteiger partial charge in [0, 0.05) is 18.0 Å². The fraction of sp³-hybridized carbons (Fsp3) is 0.400. The molecule has 1 heterocycles. The lowest BCUT2D eigenvalue weighted by Gasteiger charge is -1.88. The van der Waals surface area contributed by atoms with Crippen molar-refractivity contribution in [3.63, 3.8) is 0 Å². The molecule has 0 aliphatic rings. The first kappa shape index (κ1) is 10.8. The third kappa shape index (κ3) is 4.61. The second-order valence-corrected chi connectivity index (χ2v) is 2.50. The summed E-state index contributed by atoms with van der Waals surface area (Å²) in [6.07, 6.45) is 4.47. The average Bonchev–Trinajstić information content (AvgIpc) is 2.07. The first-order valence-corrected chi connectivity index (χ1v) is 4.13. The standard InChI is InChI=1S/C7H7NO.C3H8/c1-6(9)7-2-4-8-5-3-7;1-3-2/h2-5H,1H3;3H2,1-2H3. The zero-order valence-electron chi connectivity index (χ0n) is 7.87. The van der Waals surface area contributed by atoms with Crippen molar-refractivity contribution in [3.8, 4) is 0 Å². The lowest BCUT2D eigenvalue weighted by molar-refractivity contribution is 0.101. The Bertz CT molecular complexity index is 219. The van der Waals surface area contributed by atoms with Crippen molar-refractivity contribution >= 4 is 5.78 Å². The lowest BCUT2D eigenvalue weighted by Crippen LogP contribution is -1.89. The average molecular weight is 165 g/mol. The largest absolute Gasteiger partial charge is 0.295 e. The predicted molar refractivity (Wildman–Crippen MR) is 50.2 cm³/mol. The minimum Gasteiger partial charge on any atom is -0.295 e. The van der Waals surface area contributed by atoms with Crippen LogP contribution in [0, 0.1) is 0 Å². The van der Waals surface area contributed by atoms with Crippen LogP contribution in [-0.4, -0.2) is 10.8 Å². The van der Waals surface area contributed by atoms with Crippen LogP contribution in [0.1, 0.15) is 37.6 Å². The van der Waals surface area contributed by atoms with Crippen LogP contribution in [-0.2, 0) is 0 Å². The molecule has 0 amide bonds. The number of Topliss-reactive ketones (excluding diaryl/α,β-unsaturated/α-hetero) is 1. The molecular weight excluding hydrogens is 150 g/mol. The number of hydrogen-bond donors (Lipinski definition) is 0. The molecule has 1 aromatic heterocycles. The Kier molecular flexibility index (Phi) is 5.88. The number of ketones is 1. The molecule has 1 aromatic rings. The Hall–Kier alpha value is -1.18. The van der Waals surface area contributed by atoms with Gasteiger partial charge in [0.05, 0.1) is 0 Å². The molecule has 2 heteroatoms. The molecule has 0 fully saturated rings. The van der Waals surface area contributed by atoms with Crippen LogP contribution in [0.2, 0.25) is 0 Å². The van der Waals surface area contributed by atoms with Crippen molar-refractivity contribution in [1.29, 1.82) is 0 Å². The Morgan fingerprint density at radius 1 is 1.33 bits per heavy atom. The van der Waals surface area contributed by atoms with Gasteiger partial charge in [0.15, 0.2) is 5.78 Å². The van der Waals surface area contributed by atoms with E-state index >= 15 is 0 Å². The fourth-order valence-corrected chi connectivity index (χ4v) is 0.587. The van der Waals surface area contributed by atoms with E-state index in [9.17, 15) is 4.79 Å². The van der Waals surface area contributed by atoms with E-state index in [0.717, 1.165) is 0 Å². The van der Waals surface area contributed by atoms with E-state index in [2.05, 4.69) is 18.8 Å². The first-order chi connectivity index (χ1) is 5.72. The van der Waals surface area contributed by atoms with Crippen molar-refractivity contribution in [1.82, 2.24) is 4.98 Å². The molecule has 0 saturated heterocycles. The minimum absolute atomic E-state index is 0.0809. The van der Waals surface area contributed by atoms with Crippen molar-refractivity contribution in [3.05, 3.63) is 30.1 Å². The topological polar surface area (TPSA) is 30.0 Å². The second-order valence-electron chi connectivity index (χ2n) is 2.50. The number of nitrogens with zero attached hydrogens (tertiary/aromatic N) is 1. The summed E-state index contributed by atoms with van der Waals surface area (Å²) in [5.41, 5.74) is 0.713. The van der Waals surface area contributed by atoms with E-state index < -0.39 is 0 Å². The summed E-state index contributed by atoms with van der Waals surface area (Å²) in [5, 5.41) is 0. The molecule has 0 atom stereocenters. The van der Waals surface area contributed by atoms with Gasteiger partial charge in [0.25, 0.3) is 0 Å². The van der Waals surface area contributed by atoms with Crippen molar-refractivity contribution < 1.29 is 4.79 Å². The SMILES string of the molecule is CC(=O)c1ccncc1.CCC. The molecule has 0 radical (unpaired) electrons. The highest BCUT2D eigenvalue weighted by Crippen LogP contribution is 1.95.